The highest BCUT2D eigenvalue weighted by Crippen LogP contribution is 2.91. The fraction of sp³-hybridized carbons (Fsp3) is 0.897. The van der Waals surface area contributed by atoms with E-state index in [1.54, 1.807) is 0 Å². The lowest BCUT2D eigenvalue weighted by Gasteiger charge is -2.74. The number of aliphatic hydroxyl groups excluding tert-OH is 1. The van der Waals surface area contributed by atoms with E-state index in [1.807, 2.05) is 4.74 Å². The minimum atomic E-state index is -9.37. The summed E-state index contributed by atoms with van der Waals surface area (Å²) in [6.45, 7) is -10.5. The lowest BCUT2D eigenvalue weighted by molar-refractivity contribution is -0.617. The number of alkyl halides is 30. The molecule has 0 heterocycles. The Morgan fingerprint density at radius 2 is 0.894 bits per heavy atom. The number of ether oxygens (including phenoxy) is 5. The standard InChI is InChI=1S/C21H16F24O3.C8H8F6O4/c1-4-9(5-22)14(30,31)11(7(2,23)24)16(34,35)12(8(3,25)26,15(9,32)33)18(38,39)13(29,17(11,36)37)19(40,41)48-21(44,45)20(42,43)47-10(27,28)6-46;1-3-5(15)17-4-6(9,10)18-8(13,14)7(11,12)16-2/h46H,4-6H2,1-3H3;3H,1,4H2,2H3. The van der Waals surface area contributed by atoms with Gasteiger partial charge in [-0.15, -0.1) is 0 Å². The second kappa shape index (κ2) is 16.5. The zero-order chi connectivity index (χ0) is 53.6. The van der Waals surface area contributed by atoms with Gasteiger partial charge in [0.2, 0.25) is 10.8 Å². The lowest BCUT2D eigenvalue weighted by Crippen LogP contribution is -3.01. The number of carbonyl (C=O) groups excluding carboxylic acids is 1. The number of hydrogen-bond donors (Lipinski definition) is 1. The van der Waals surface area contributed by atoms with E-state index in [2.05, 4.69) is 20.8 Å². The molecule has 2 unspecified atom stereocenters. The van der Waals surface area contributed by atoms with Crippen molar-refractivity contribution in [1.82, 2.24) is 0 Å². The van der Waals surface area contributed by atoms with Crippen LogP contribution in [0.25, 0.3) is 0 Å². The number of fused-ring (bicyclic) bond motifs is 2. The van der Waals surface area contributed by atoms with Gasteiger partial charge in [-0.2, -0.15) is 61.5 Å². The van der Waals surface area contributed by atoms with E-state index in [-0.39, 0.29) is 7.11 Å². The van der Waals surface area contributed by atoms with Crippen molar-refractivity contribution < 1.29 is 165 Å². The Bertz CT molecular complexity index is 1710. The molecule has 7 nitrogen and oxygen atoms in total. The van der Waals surface area contributed by atoms with Gasteiger partial charge in [-0.05, 0) is 6.42 Å². The molecule has 0 aromatic heterocycles. The van der Waals surface area contributed by atoms with Gasteiger partial charge in [-0.3, -0.25) is 4.39 Å². The van der Waals surface area contributed by atoms with Crippen LogP contribution < -0.4 is 0 Å². The van der Waals surface area contributed by atoms with Gasteiger partial charge in [-0.25, -0.2) is 84.9 Å². The zero-order valence-corrected chi connectivity index (χ0v) is 31.8. The minimum Gasteiger partial charge on any atom is -0.453 e. The fourth-order valence-electron chi connectivity index (χ4n) is 7.00. The number of carbonyl (C=O) groups is 1. The first-order valence-electron chi connectivity index (χ1n) is 16.2. The molecule has 2 rings (SSSR count). The van der Waals surface area contributed by atoms with Gasteiger partial charge in [0.05, 0.1) is 0 Å². The van der Waals surface area contributed by atoms with Crippen LogP contribution in [0, 0.1) is 16.2 Å². The summed E-state index contributed by atoms with van der Waals surface area (Å²) in [5.41, 5.74) is -32.9. The van der Waals surface area contributed by atoms with Crippen molar-refractivity contribution in [2.45, 2.75) is 117 Å². The summed E-state index contributed by atoms with van der Waals surface area (Å²) in [5.74, 6) is -59.7. The van der Waals surface area contributed by atoms with E-state index < -0.39 is 159 Å². The number of rotatable bonds is 18. The minimum absolute atomic E-state index is 0.174. The molecule has 2 bridgehead atoms. The molecule has 2 aliphatic rings. The van der Waals surface area contributed by atoms with E-state index in [0.717, 1.165) is 0 Å². The molecule has 0 amide bonds. The molecule has 392 valence electrons. The van der Waals surface area contributed by atoms with Gasteiger partial charge in [0.25, 0.3) is 29.6 Å². The highest BCUT2D eigenvalue weighted by molar-refractivity contribution is 5.81. The fourth-order valence-corrected chi connectivity index (χ4v) is 7.00. The second-order valence-corrected chi connectivity index (χ2v) is 13.7. The first kappa shape index (κ1) is 60.9. The second-order valence-electron chi connectivity index (χ2n) is 13.7. The van der Waals surface area contributed by atoms with Crippen LogP contribution in [0.15, 0.2) is 12.7 Å². The van der Waals surface area contributed by atoms with Crippen molar-refractivity contribution >= 4 is 5.97 Å². The number of hydrogen-bond acceptors (Lipinski definition) is 7. The van der Waals surface area contributed by atoms with Crippen LogP contribution in [0.2, 0.25) is 0 Å². The van der Waals surface area contributed by atoms with Crippen LogP contribution >= 0.6 is 0 Å². The quantitative estimate of drug-likeness (QED) is 0.0832. The predicted molar refractivity (Wildman–Crippen MR) is 147 cm³/mol. The molecular formula is C29H24F30O7. The Morgan fingerprint density at radius 1 is 0.561 bits per heavy atom. The Labute approximate surface area is 345 Å². The van der Waals surface area contributed by atoms with Gasteiger partial charge in [0.15, 0.2) is 6.61 Å². The van der Waals surface area contributed by atoms with Crippen LogP contribution in [0.5, 0.6) is 0 Å². The van der Waals surface area contributed by atoms with Crippen LogP contribution in [0.1, 0.15) is 27.2 Å². The lowest BCUT2D eigenvalue weighted by atomic mass is 9.34. The third kappa shape index (κ3) is 7.57. The zero-order valence-electron chi connectivity index (χ0n) is 31.8. The molecule has 2 aliphatic carbocycles. The largest absolute Gasteiger partial charge is 0.453 e. The number of esters is 1. The van der Waals surface area contributed by atoms with Crippen molar-refractivity contribution in [1.29, 1.82) is 0 Å². The molecule has 1 N–H and O–H groups in total. The Kier molecular flexibility index (Phi) is 15.3. The van der Waals surface area contributed by atoms with E-state index in [4.69, 9.17) is 5.11 Å². The molecule has 2 saturated carbocycles. The summed E-state index contributed by atoms with van der Waals surface area (Å²) in [6.07, 6.45) is -49.1. The highest BCUT2D eigenvalue weighted by atomic mass is 19.4. The average molecular weight is 1050 g/mol. The highest BCUT2D eigenvalue weighted by Gasteiger charge is 3.17. The van der Waals surface area contributed by atoms with E-state index >= 15 is 48.3 Å². The maximum Gasteiger partial charge on any atom is 0.453 e. The molecule has 2 fully saturated rings. The summed E-state index contributed by atoms with van der Waals surface area (Å²) in [7, 11) is 0.174. The Balaban J connectivity index is 0.00000102. The monoisotopic (exact) mass is 1050 g/mol. The van der Waals surface area contributed by atoms with Gasteiger partial charge in [0.1, 0.15) is 18.7 Å². The predicted octanol–water partition coefficient (Wildman–Crippen LogP) is 11.1. The summed E-state index contributed by atoms with van der Waals surface area (Å²) in [4.78, 5) is 10.4. The topological polar surface area (TPSA) is 83.5 Å². The molecule has 0 spiro atoms. The Hall–Kier alpha value is -3.09. The average Bonchev–Trinajstić information content (AvgIpc) is 3.06. The van der Waals surface area contributed by atoms with Crippen molar-refractivity contribution in [3.8, 4) is 0 Å². The van der Waals surface area contributed by atoms with Crippen LogP contribution in [0.3, 0.4) is 0 Å². The smallest absolute Gasteiger partial charge is 0.453 e. The van der Waals surface area contributed by atoms with Crippen LogP contribution in [-0.2, 0) is 28.5 Å². The molecule has 0 saturated heterocycles. The number of methoxy groups -OCH3 is 1. The molecule has 37 heteroatoms. The normalized spacial score (nSPS) is 29.1. The molecule has 2 atom stereocenters. The maximum atomic E-state index is 16.0. The van der Waals surface area contributed by atoms with Crippen molar-refractivity contribution in [2.75, 3.05) is 27.0 Å². The summed E-state index contributed by atoms with van der Waals surface area (Å²) in [6, 6.07) is 0. The van der Waals surface area contributed by atoms with Crippen molar-refractivity contribution in [3.63, 3.8) is 0 Å². The van der Waals surface area contributed by atoms with Crippen molar-refractivity contribution in [3.05, 3.63) is 12.7 Å². The van der Waals surface area contributed by atoms with Crippen LogP contribution in [0.4, 0.5) is 132 Å². The van der Waals surface area contributed by atoms with Gasteiger partial charge >= 0.3 is 66.2 Å². The van der Waals surface area contributed by atoms with E-state index in [0.29, 0.717) is 6.08 Å². The molecular weight excluding hydrogens is 1030 g/mol. The number of aliphatic hydroxyl groups is 1. The van der Waals surface area contributed by atoms with E-state index in [1.165, 1.54) is 4.74 Å². The van der Waals surface area contributed by atoms with Gasteiger partial charge in [-0.1, -0.05) is 13.5 Å². The van der Waals surface area contributed by atoms with Crippen LogP contribution in [-0.4, -0.2) is 128 Å². The molecule has 0 aliphatic heterocycles. The van der Waals surface area contributed by atoms with Gasteiger partial charge < -0.3 is 14.6 Å². The third-order valence-electron chi connectivity index (χ3n) is 9.92. The maximum absolute atomic E-state index is 16.0. The SMILES string of the molecule is C=CC(=O)OCC(F)(F)OC(F)(F)C(F)(F)OC.CCC1(CF)C(F)(F)C2(C(C)(F)F)C(F)(F)C(F)(C(F)(F)OC(F)(F)C(F)(F)OC(F)(F)CO)C(F)(F)C(C(C)(F)F)(C1(F)F)C2(F)F. The summed E-state index contributed by atoms with van der Waals surface area (Å²) in [5, 5.41) is 8.09. The molecule has 0 radical (unpaired) electrons. The summed E-state index contributed by atoms with van der Waals surface area (Å²) >= 11 is 0. The molecule has 0 aromatic rings. The number of halogens is 30. The van der Waals surface area contributed by atoms with E-state index in [9.17, 15) is 88.2 Å². The molecule has 66 heavy (non-hydrogen) atoms. The molecule has 0 aromatic carbocycles. The summed E-state index contributed by atoms with van der Waals surface area (Å²) < 4.78 is 447. The first-order chi connectivity index (χ1) is 28.6. The third-order valence-corrected chi connectivity index (χ3v) is 9.92. The Morgan fingerprint density at radius 3 is 1.18 bits per heavy atom. The van der Waals surface area contributed by atoms with Gasteiger partial charge in [0, 0.05) is 27.0 Å². The van der Waals surface area contributed by atoms with Crippen molar-refractivity contribution in [2.24, 2.45) is 16.2 Å². The first-order valence-corrected chi connectivity index (χ1v) is 16.2.